The molecule has 3 rings (SSSR count). The molecule has 1 N–H and O–H groups in total. The van der Waals surface area contributed by atoms with Crippen molar-refractivity contribution < 1.29 is 8.78 Å². The zero-order chi connectivity index (χ0) is 24.8. The Morgan fingerprint density at radius 3 is 2.65 bits per heavy atom. The maximum atomic E-state index is 12.7. The first-order valence-electron chi connectivity index (χ1n) is 11.3. The molecule has 182 valence electrons. The smallest absolute Gasteiger partial charge is 0.254 e. The molecule has 2 aromatic heterocycles. The molecule has 5 nitrogen and oxygen atoms in total. The van der Waals surface area contributed by atoms with Crippen LogP contribution in [-0.4, -0.2) is 36.1 Å². The Kier molecular flexibility index (Phi) is 9.23. The third-order valence-corrected chi connectivity index (χ3v) is 8.13. The molecule has 1 unspecified atom stereocenters. The lowest BCUT2D eigenvalue weighted by Crippen LogP contribution is -2.26. The highest BCUT2D eigenvalue weighted by atomic mass is 33.1. The Bertz CT molecular complexity index is 1120. The second-order valence-corrected chi connectivity index (χ2v) is 10.7. The van der Waals surface area contributed by atoms with Gasteiger partial charge in [0.25, 0.3) is 6.43 Å². The summed E-state index contributed by atoms with van der Waals surface area (Å²) in [7, 11) is 6.41. The van der Waals surface area contributed by atoms with Gasteiger partial charge < -0.3 is 9.47 Å². The number of nitriles is 1. The number of hydrogen-bond donors (Lipinski definition) is 1. The summed E-state index contributed by atoms with van der Waals surface area (Å²) < 4.78 is 30.4. The van der Waals surface area contributed by atoms with Crippen LogP contribution < -0.4 is 9.62 Å². The zero-order valence-corrected chi connectivity index (χ0v) is 21.6. The molecule has 1 aliphatic carbocycles. The number of aromatic nitrogens is 2. The third kappa shape index (κ3) is 5.85. The molecule has 34 heavy (non-hydrogen) atoms. The number of halogens is 2. The minimum atomic E-state index is -2.42. The summed E-state index contributed by atoms with van der Waals surface area (Å²) in [6.45, 7) is 7.28. The Hall–Kier alpha value is -2.28. The molecule has 0 amide bonds. The van der Waals surface area contributed by atoms with Crippen LogP contribution in [0.5, 0.6) is 0 Å². The van der Waals surface area contributed by atoms with Gasteiger partial charge in [0.2, 0.25) is 0 Å². The predicted octanol–water partition coefficient (Wildman–Crippen LogP) is 7.10. The van der Waals surface area contributed by atoms with Gasteiger partial charge in [-0.15, -0.1) is 0 Å². The standard InChI is InChI=1S/C25H31F2N5S2/c1-6-20(33-34-30-17(3)24(26)27)12-11-16(2)23-22(14-28)21-13-19(31(4)5)15-29-25(21)32(23)18-9-7-8-10-18/h6,11-13,15,17-18,24,30H,1,7-10H2,2-5H3/b16-11+,20-12+. The van der Waals surface area contributed by atoms with Gasteiger partial charge in [-0.1, -0.05) is 31.6 Å². The van der Waals surface area contributed by atoms with E-state index < -0.39 is 12.5 Å². The normalized spacial score (nSPS) is 16.3. The second kappa shape index (κ2) is 11.9. The molecule has 0 bridgehead atoms. The summed E-state index contributed by atoms with van der Waals surface area (Å²) in [6.07, 6.45) is 9.48. The van der Waals surface area contributed by atoms with Crippen molar-refractivity contribution in [3.63, 3.8) is 0 Å². The summed E-state index contributed by atoms with van der Waals surface area (Å²) in [5.41, 5.74) is 4.28. The number of hydrogen-bond acceptors (Lipinski definition) is 6. The summed E-state index contributed by atoms with van der Waals surface area (Å²) in [4.78, 5) is 7.59. The molecular weight excluding hydrogens is 472 g/mol. The second-order valence-electron chi connectivity index (χ2n) is 8.63. The molecule has 0 saturated heterocycles. The van der Waals surface area contributed by atoms with Gasteiger partial charge in [0.15, 0.2) is 0 Å². The van der Waals surface area contributed by atoms with Crippen molar-refractivity contribution in [1.29, 1.82) is 5.26 Å². The van der Waals surface area contributed by atoms with E-state index in [9.17, 15) is 14.0 Å². The zero-order valence-electron chi connectivity index (χ0n) is 20.0. The van der Waals surface area contributed by atoms with Crippen molar-refractivity contribution in [2.45, 2.75) is 58.0 Å². The molecule has 1 atom stereocenters. The lowest BCUT2D eigenvalue weighted by atomic mass is 10.1. The first kappa shape index (κ1) is 26.3. The van der Waals surface area contributed by atoms with E-state index >= 15 is 0 Å². The van der Waals surface area contributed by atoms with Crippen LogP contribution in [0.1, 0.15) is 56.8 Å². The Morgan fingerprint density at radius 2 is 2.06 bits per heavy atom. The Balaban J connectivity index is 2.01. The molecule has 0 aromatic carbocycles. The molecule has 1 saturated carbocycles. The van der Waals surface area contributed by atoms with Gasteiger partial charge in [-0.3, -0.25) is 0 Å². The molecule has 2 aromatic rings. The van der Waals surface area contributed by atoms with E-state index in [1.165, 1.54) is 30.6 Å². The summed E-state index contributed by atoms with van der Waals surface area (Å²) >= 11 is 0. The quantitative estimate of drug-likeness (QED) is 0.212. The fourth-order valence-corrected chi connectivity index (χ4v) is 5.90. The van der Waals surface area contributed by atoms with Gasteiger partial charge in [0.1, 0.15) is 11.7 Å². The average Bonchev–Trinajstić information content (AvgIpc) is 3.45. The molecular formula is C25H31F2N5S2. The van der Waals surface area contributed by atoms with E-state index in [4.69, 9.17) is 4.98 Å². The SMILES string of the molecule is C=C/C(=C\C=C(/C)c1c(C#N)c2cc(N(C)C)cnc2n1C1CCCC1)SSNC(C)C(F)F. The van der Waals surface area contributed by atoms with Crippen LogP contribution in [0.15, 0.2) is 42.0 Å². The number of rotatable bonds is 10. The van der Waals surface area contributed by atoms with Gasteiger partial charge >= 0.3 is 0 Å². The summed E-state index contributed by atoms with van der Waals surface area (Å²) in [5.74, 6) is 0. The van der Waals surface area contributed by atoms with Gasteiger partial charge in [0, 0.05) is 30.4 Å². The molecule has 1 aliphatic rings. The molecule has 1 fully saturated rings. The first-order chi connectivity index (χ1) is 16.3. The number of fused-ring (bicyclic) bond motifs is 1. The van der Waals surface area contributed by atoms with Crippen LogP contribution in [-0.2, 0) is 0 Å². The van der Waals surface area contributed by atoms with Crippen LogP contribution in [0.3, 0.4) is 0 Å². The van der Waals surface area contributed by atoms with Crippen molar-refractivity contribution >= 4 is 44.1 Å². The lowest BCUT2D eigenvalue weighted by Gasteiger charge is -2.18. The predicted molar refractivity (Wildman–Crippen MR) is 142 cm³/mol. The van der Waals surface area contributed by atoms with Crippen molar-refractivity contribution in [2.75, 3.05) is 19.0 Å². The van der Waals surface area contributed by atoms with Gasteiger partial charge in [-0.05, 0) is 66.2 Å². The molecule has 9 heteroatoms. The molecule has 0 radical (unpaired) electrons. The maximum absolute atomic E-state index is 12.7. The minimum absolute atomic E-state index is 0.313. The molecule has 0 aliphatic heterocycles. The lowest BCUT2D eigenvalue weighted by molar-refractivity contribution is 0.118. The van der Waals surface area contributed by atoms with Crippen LogP contribution >= 0.6 is 21.8 Å². The highest BCUT2D eigenvalue weighted by molar-refractivity contribution is 8.77. The number of allylic oxidation sites excluding steroid dienone is 4. The van der Waals surface area contributed by atoms with E-state index in [-0.39, 0.29) is 0 Å². The highest BCUT2D eigenvalue weighted by Crippen LogP contribution is 2.40. The molecule has 0 spiro atoms. The average molecular weight is 504 g/mol. The monoisotopic (exact) mass is 503 g/mol. The summed E-state index contributed by atoms with van der Waals surface area (Å²) in [6, 6.07) is 3.89. The van der Waals surface area contributed by atoms with Crippen molar-refractivity contribution in [2.24, 2.45) is 0 Å². The third-order valence-electron chi connectivity index (χ3n) is 5.97. The largest absolute Gasteiger partial charge is 0.376 e. The van der Waals surface area contributed by atoms with E-state index in [1.807, 2.05) is 50.3 Å². The van der Waals surface area contributed by atoms with Crippen molar-refractivity contribution in [3.8, 4) is 6.07 Å². The van der Waals surface area contributed by atoms with Crippen LogP contribution in [0.4, 0.5) is 14.5 Å². The number of pyridine rings is 1. The first-order valence-corrected chi connectivity index (χ1v) is 13.4. The molecule has 2 heterocycles. The van der Waals surface area contributed by atoms with Gasteiger partial charge in [-0.2, -0.15) is 5.26 Å². The van der Waals surface area contributed by atoms with Gasteiger partial charge in [0.05, 0.1) is 29.2 Å². The van der Waals surface area contributed by atoms with Crippen molar-refractivity contribution in [1.82, 2.24) is 14.3 Å². The van der Waals surface area contributed by atoms with E-state index in [1.54, 1.807) is 6.08 Å². The van der Waals surface area contributed by atoms with E-state index in [2.05, 4.69) is 21.9 Å². The van der Waals surface area contributed by atoms with Crippen LogP contribution in [0, 0.1) is 11.3 Å². The van der Waals surface area contributed by atoms with Crippen LogP contribution in [0.2, 0.25) is 0 Å². The van der Waals surface area contributed by atoms with Crippen molar-refractivity contribution in [3.05, 3.63) is 53.2 Å². The fraction of sp³-hybridized carbons (Fsp3) is 0.440. The van der Waals surface area contributed by atoms with Crippen LogP contribution in [0.25, 0.3) is 16.6 Å². The Morgan fingerprint density at radius 1 is 1.35 bits per heavy atom. The van der Waals surface area contributed by atoms with E-state index in [0.717, 1.165) is 56.7 Å². The summed E-state index contributed by atoms with van der Waals surface area (Å²) in [5, 5.41) is 11.0. The minimum Gasteiger partial charge on any atom is -0.376 e. The fourth-order valence-electron chi connectivity index (χ4n) is 4.05. The van der Waals surface area contributed by atoms with E-state index in [0.29, 0.717) is 11.6 Å². The topological polar surface area (TPSA) is 56.9 Å². The highest BCUT2D eigenvalue weighted by Gasteiger charge is 2.27. The number of alkyl halides is 2. The number of nitrogens with one attached hydrogen (secondary N) is 1. The maximum Gasteiger partial charge on any atom is 0.254 e. The number of anilines is 1. The van der Waals surface area contributed by atoms with Gasteiger partial charge in [-0.25, -0.2) is 18.5 Å². The number of nitrogens with zero attached hydrogens (tertiary/aromatic N) is 4. The Labute approximate surface area is 208 Å².